The molecule has 0 aromatic heterocycles. The predicted molar refractivity (Wildman–Crippen MR) is 77.5 cm³/mol. The molecule has 0 saturated heterocycles. The van der Waals surface area contributed by atoms with Crippen molar-refractivity contribution in [2.45, 2.75) is 32.2 Å². The van der Waals surface area contributed by atoms with Gasteiger partial charge < -0.3 is 19.9 Å². The molecule has 0 spiro atoms. The molecule has 0 saturated carbocycles. The van der Waals surface area contributed by atoms with Gasteiger partial charge in [0.1, 0.15) is 11.5 Å². The number of unbranched alkanes of at least 4 members (excludes halogenated alkanes) is 1. The Kier molecular flexibility index (Phi) is 7.08. The standard InChI is InChI=1S/C15H21NO5/c1-20-12-8-7-11(13(9-12)21-2)10-16-14(17)5-3-4-6-15(18)19/h7-9H,3-6,10H2,1-2H3,(H,16,17)(H,18,19). The Balaban J connectivity index is 2.40. The summed E-state index contributed by atoms with van der Waals surface area (Å²) in [6, 6.07) is 5.40. The molecule has 0 atom stereocenters. The third-order valence-corrected chi connectivity index (χ3v) is 3.01. The lowest BCUT2D eigenvalue weighted by Crippen LogP contribution is -2.22. The molecular weight excluding hydrogens is 274 g/mol. The molecule has 1 rings (SSSR count). The van der Waals surface area contributed by atoms with Crippen molar-refractivity contribution in [3.8, 4) is 11.5 Å². The van der Waals surface area contributed by atoms with Gasteiger partial charge in [0.05, 0.1) is 14.2 Å². The number of ether oxygens (including phenoxy) is 2. The van der Waals surface area contributed by atoms with Crippen LogP contribution in [0.1, 0.15) is 31.2 Å². The van der Waals surface area contributed by atoms with Crippen LogP contribution in [0.3, 0.4) is 0 Å². The topological polar surface area (TPSA) is 84.9 Å². The van der Waals surface area contributed by atoms with Crippen LogP contribution in [0.4, 0.5) is 0 Å². The van der Waals surface area contributed by atoms with E-state index in [9.17, 15) is 9.59 Å². The molecule has 0 aliphatic heterocycles. The van der Waals surface area contributed by atoms with Crippen molar-refractivity contribution in [3.05, 3.63) is 23.8 Å². The van der Waals surface area contributed by atoms with E-state index in [0.717, 1.165) is 5.56 Å². The smallest absolute Gasteiger partial charge is 0.303 e. The summed E-state index contributed by atoms with van der Waals surface area (Å²) >= 11 is 0. The van der Waals surface area contributed by atoms with E-state index in [-0.39, 0.29) is 12.3 Å². The van der Waals surface area contributed by atoms with E-state index in [4.69, 9.17) is 14.6 Å². The van der Waals surface area contributed by atoms with E-state index in [0.29, 0.717) is 37.3 Å². The van der Waals surface area contributed by atoms with Gasteiger partial charge in [-0.1, -0.05) is 0 Å². The lowest BCUT2D eigenvalue weighted by molar-refractivity contribution is -0.137. The highest BCUT2D eigenvalue weighted by Gasteiger charge is 2.07. The zero-order valence-corrected chi connectivity index (χ0v) is 12.3. The van der Waals surface area contributed by atoms with E-state index < -0.39 is 5.97 Å². The highest BCUT2D eigenvalue weighted by molar-refractivity contribution is 5.76. The summed E-state index contributed by atoms with van der Waals surface area (Å²) in [5, 5.41) is 11.3. The lowest BCUT2D eigenvalue weighted by atomic mass is 10.1. The number of benzene rings is 1. The van der Waals surface area contributed by atoms with Gasteiger partial charge in [-0.15, -0.1) is 0 Å². The number of carbonyl (C=O) groups is 2. The van der Waals surface area contributed by atoms with Gasteiger partial charge in [0.15, 0.2) is 0 Å². The number of carboxylic acids is 1. The molecule has 1 amide bonds. The minimum Gasteiger partial charge on any atom is -0.497 e. The number of methoxy groups -OCH3 is 2. The second-order valence-electron chi connectivity index (χ2n) is 4.56. The van der Waals surface area contributed by atoms with Gasteiger partial charge in [0, 0.05) is 31.0 Å². The van der Waals surface area contributed by atoms with Gasteiger partial charge in [-0.25, -0.2) is 0 Å². The van der Waals surface area contributed by atoms with Crippen LogP contribution in [0.2, 0.25) is 0 Å². The molecule has 0 fully saturated rings. The Morgan fingerprint density at radius 2 is 1.86 bits per heavy atom. The van der Waals surface area contributed by atoms with Crippen LogP contribution >= 0.6 is 0 Å². The molecule has 0 heterocycles. The molecule has 2 N–H and O–H groups in total. The molecule has 6 nitrogen and oxygen atoms in total. The molecular formula is C15H21NO5. The van der Waals surface area contributed by atoms with E-state index in [1.165, 1.54) is 0 Å². The molecule has 0 unspecified atom stereocenters. The first-order valence-corrected chi connectivity index (χ1v) is 6.76. The number of hydrogen-bond acceptors (Lipinski definition) is 4. The highest BCUT2D eigenvalue weighted by atomic mass is 16.5. The van der Waals surface area contributed by atoms with Crippen molar-refractivity contribution in [3.63, 3.8) is 0 Å². The lowest BCUT2D eigenvalue weighted by Gasteiger charge is -2.11. The maximum atomic E-state index is 11.7. The van der Waals surface area contributed by atoms with E-state index in [1.54, 1.807) is 26.4 Å². The first kappa shape index (κ1) is 16.8. The number of nitrogens with one attached hydrogen (secondary N) is 1. The van der Waals surface area contributed by atoms with Crippen LogP contribution in [0.15, 0.2) is 18.2 Å². The summed E-state index contributed by atoms with van der Waals surface area (Å²) in [4.78, 5) is 22.0. The SMILES string of the molecule is COc1ccc(CNC(=O)CCCCC(=O)O)c(OC)c1. The first-order chi connectivity index (χ1) is 10.1. The maximum absolute atomic E-state index is 11.7. The van der Waals surface area contributed by atoms with Crippen molar-refractivity contribution in [2.75, 3.05) is 14.2 Å². The average Bonchev–Trinajstić information content (AvgIpc) is 2.49. The first-order valence-electron chi connectivity index (χ1n) is 6.76. The number of hydrogen-bond donors (Lipinski definition) is 2. The van der Waals surface area contributed by atoms with Gasteiger partial charge in [-0.3, -0.25) is 9.59 Å². The maximum Gasteiger partial charge on any atom is 0.303 e. The van der Waals surface area contributed by atoms with Crippen molar-refractivity contribution >= 4 is 11.9 Å². The number of rotatable bonds is 9. The van der Waals surface area contributed by atoms with Gasteiger partial charge in [-0.05, 0) is 25.0 Å². The zero-order valence-electron chi connectivity index (χ0n) is 12.3. The number of carboxylic acid groups (broad SMARTS) is 1. The number of aliphatic carboxylic acids is 1. The van der Waals surface area contributed by atoms with Crippen LogP contribution in [0, 0.1) is 0 Å². The fraction of sp³-hybridized carbons (Fsp3) is 0.467. The summed E-state index contributed by atoms with van der Waals surface area (Å²) in [5.41, 5.74) is 0.859. The Labute approximate surface area is 124 Å². The predicted octanol–water partition coefficient (Wildman–Crippen LogP) is 1.96. The summed E-state index contributed by atoms with van der Waals surface area (Å²) < 4.78 is 10.4. The van der Waals surface area contributed by atoms with Crippen molar-refractivity contribution in [1.29, 1.82) is 0 Å². The Morgan fingerprint density at radius 3 is 2.48 bits per heavy atom. The van der Waals surface area contributed by atoms with E-state index in [1.807, 2.05) is 6.07 Å². The van der Waals surface area contributed by atoms with Gasteiger partial charge in [0.2, 0.25) is 5.91 Å². The number of amides is 1. The summed E-state index contributed by atoms with van der Waals surface area (Å²) in [6.07, 6.45) is 1.50. The molecule has 1 aromatic rings. The second-order valence-corrected chi connectivity index (χ2v) is 4.56. The van der Waals surface area contributed by atoms with Crippen LogP contribution in [-0.2, 0) is 16.1 Å². The molecule has 0 aliphatic rings. The highest BCUT2D eigenvalue weighted by Crippen LogP contribution is 2.24. The van der Waals surface area contributed by atoms with Gasteiger partial charge in [0.25, 0.3) is 0 Å². The fourth-order valence-electron chi connectivity index (χ4n) is 1.84. The van der Waals surface area contributed by atoms with Crippen LogP contribution in [0.5, 0.6) is 11.5 Å². The van der Waals surface area contributed by atoms with Crippen LogP contribution in [0.25, 0.3) is 0 Å². The third-order valence-electron chi connectivity index (χ3n) is 3.01. The Morgan fingerprint density at radius 1 is 1.14 bits per heavy atom. The average molecular weight is 295 g/mol. The molecule has 21 heavy (non-hydrogen) atoms. The molecule has 116 valence electrons. The van der Waals surface area contributed by atoms with Crippen molar-refractivity contribution < 1.29 is 24.2 Å². The largest absolute Gasteiger partial charge is 0.497 e. The van der Waals surface area contributed by atoms with E-state index in [2.05, 4.69) is 5.32 Å². The Hall–Kier alpha value is -2.24. The summed E-state index contributed by atoms with van der Waals surface area (Å²) in [7, 11) is 3.14. The minimum atomic E-state index is -0.835. The molecule has 0 bridgehead atoms. The molecule has 0 radical (unpaired) electrons. The van der Waals surface area contributed by atoms with Gasteiger partial charge >= 0.3 is 5.97 Å². The molecule has 0 aliphatic carbocycles. The minimum absolute atomic E-state index is 0.0968. The summed E-state index contributed by atoms with van der Waals surface area (Å²) in [5.74, 6) is 0.410. The quantitative estimate of drug-likeness (QED) is 0.680. The Bertz CT molecular complexity index is 487. The monoisotopic (exact) mass is 295 g/mol. The van der Waals surface area contributed by atoms with Crippen LogP contribution in [-0.4, -0.2) is 31.2 Å². The summed E-state index contributed by atoms with van der Waals surface area (Å²) in [6.45, 7) is 0.366. The number of carbonyl (C=O) groups excluding carboxylic acids is 1. The van der Waals surface area contributed by atoms with Crippen LogP contribution < -0.4 is 14.8 Å². The van der Waals surface area contributed by atoms with E-state index >= 15 is 0 Å². The van der Waals surface area contributed by atoms with Gasteiger partial charge in [-0.2, -0.15) is 0 Å². The van der Waals surface area contributed by atoms with Crippen molar-refractivity contribution in [1.82, 2.24) is 5.32 Å². The fourth-order valence-corrected chi connectivity index (χ4v) is 1.84. The molecule has 1 aromatic carbocycles. The normalized spacial score (nSPS) is 10.0. The molecule has 6 heteroatoms. The third kappa shape index (κ3) is 6.16. The second kappa shape index (κ2) is 8.84. The van der Waals surface area contributed by atoms with Crippen molar-refractivity contribution in [2.24, 2.45) is 0 Å². The zero-order chi connectivity index (χ0) is 15.7.